The molecule has 0 aliphatic carbocycles. The maximum Gasteiger partial charge on any atom is 0.135 e. The van der Waals surface area contributed by atoms with E-state index in [-0.39, 0.29) is 66.8 Å². The molecular formula is C81H79N4OPtS-3. The van der Waals surface area contributed by atoms with Gasteiger partial charge in [0.05, 0.1) is 6.85 Å². The molecule has 12 aromatic rings. The van der Waals surface area contributed by atoms with E-state index < -0.39 is 18.1 Å². The van der Waals surface area contributed by atoms with Crippen molar-refractivity contribution in [2.24, 2.45) is 0 Å². The summed E-state index contributed by atoms with van der Waals surface area (Å²) in [5.74, 6) is 2.47. The Morgan fingerprint density at radius 3 is 1.82 bits per heavy atom. The summed E-state index contributed by atoms with van der Waals surface area (Å²) in [6.07, 6.45) is 1.91. The molecule has 7 heteroatoms. The molecule has 0 unspecified atom stereocenters. The molecule has 0 N–H and O–H groups in total. The van der Waals surface area contributed by atoms with Crippen molar-refractivity contribution in [2.75, 3.05) is 9.80 Å². The first kappa shape index (κ1) is 54.4. The summed E-state index contributed by atoms with van der Waals surface area (Å²) in [5.41, 5.74) is 16.2. The van der Waals surface area contributed by atoms with E-state index in [9.17, 15) is 2.74 Å². The Kier molecular flexibility index (Phi) is 14.2. The maximum atomic E-state index is 9.49. The Morgan fingerprint density at radius 2 is 1.17 bits per heavy atom. The van der Waals surface area contributed by atoms with Crippen molar-refractivity contribution in [3.63, 3.8) is 0 Å². The average molecular weight is 1360 g/mol. The van der Waals surface area contributed by atoms with E-state index in [0.29, 0.717) is 34.4 Å². The molecule has 0 radical (unpaired) electrons. The van der Waals surface area contributed by atoms with Crippen LogP contribution in [0.25, 0.3) is 81.2 Å². The second kappa shape index (κ2) is 23.0. The van der Waals surface area contributed by atoms with Crippen molar-refractivity contribution >= 4 is 76.1 Å². The second-order valence-corrected chi connectivity index (χ2v) is 28.7. The van der Waals surface area contributed by atoms with Gasteiger partial charge in [0.25, 0.3) is 0 Å². The third-order valence-corrected chi connectivity index (χ3v) is 18.6. The van der Waals surface area contributed by atoms with Gasteiger partial charge in [-0.05, 0) is 126 Å². The minimum atomic E-state index is -0.441. The number of anilines is 4. The first-order valence-corrected chi connectivity index (χ1v) is 31.5. The molecule has 5 nitrogen and oxygen atoms in total. The quantitative estimate of drug-likeness (QED) is 0.121. The van der Waals surface area contributed by atoms with Crippen LogP contribution in [0.2, 0.25) is 0 Å². The standard InChI is InChI=1S/C81H79N4OS.Pt/c1-49(2)53-42-67(50(3)4)75(68(43-53)51(5)6)55-40-59(83-48-84(70-30-21-20-29-69(70)83)77-62(52-24-17-16-18-25-52)27-23-28-63(77)54-38-57(80(10,11)12)44-58(39-54)81(13,14)15)46-61(41-55)86-60-32-33-66-72(47-60)85(74-45-56(36-37-82-74)79(7,8)9)71-35-34-65-64-26-19-22-31-73(64)87-78(65)76(66)71;/h16-45,48-51H,1-15H3;/q-3;/i16D,17D,18D,24D,25D;. The summed E-state index contributed by atoms with van der Waals surface area (Å²) in [5, 5.41) is 4.64. The second-order valence-electron chi connectivity index (χ2n) is 27.6. The number of benzene rings is 9. The predicted octanol–water partition coefficient (Wildman–Crippen LogP) is 23.6. The van der Waals surface area contributed by atoms with Gasteiger partial charge in [0.1, 0.15) is 5.82 Å². The molecule has 3 aromatic heterocycles. The molecule has 0 atom stereocenters. The first-order valence-electron chi connectivity index (χ1n) is 33.2. The van der Waals surface area contributed by atoms with Crippen LogP contribution < -0.4 is 14.5 Å². The molecule has 0 spiro atoms. The van der Waals surface area contributed by atoms with Gasteiger partial charge >= 0.3 is 0 Å². The number of rotatable bonds is 11. The van der Waals surface area contributed by atoms with E-state index in [1.165, 1.54) is 42.4 Å². The van der Waals surface area contributed by atoms with E-state index >= 15 is 0 Å². The number of hydrogen-bond acceptors (Lipinski definition) is 5. The molecule has 448 valence electrons. The summed E-state index contributed by atoms with van der Waals surface area (Å²) < 4.78 is 57.6. The number of ether oxygens (including phenoxy) is 1. The van der Waals surface area contributed by atoms with Crippen molar-refractivity contribution in [3.05, 3.63) is 234 Å². The number of hydrogen-bond donors (Lipinski definition) is 0. The number of aromatic nitrogens is 2. The fourth-order valence-electron chi connectivity index (χ4n) is 12.5. The van der Waals surface area contributed by atoms with Gasteiger partial charge in [-0.1, -0.05) is 225 Å². The Balaban J connectivity index is 0.00000832. The number of pyridine rings is 1. The van der Waals surface area contributed by atoms with Gasteiger partial charge in [-0.3, -0.25) is 0 Å². The van der Waals surface area contributed by atoms with E-state index in [2.05, 4.69) is 252 Å². The van der Waals surface area contributed by atoms with Crippen LogP contribution in [-0.4, -0.2) is 9.55 Å². The summed E-state index contributed by atoms with van der Waals surface area (Å²) in [6.45, 7) is 35.7. The van der Waals surface area contributed by atoms with Crippen LogP contribution in [0.15, 0.2) is 182 Å². The van der Waals surface area contributed by atoms with E-state index in [0.717, 1.165) is 72.4 Å². The summed E-state index contributed by atoms with van der Waals surface area (Å²) in [7, 11) is 0. The Labute approximate surface area is 547 Å². The maximum absolute atomic E-state index is 9.49. The third kappa shape index (κ3) is 11.0. The van der Waals surface area contributed by atoms with Crippen LogP contribution in [0.1, 0.15) is 162 Å². The summed E-state index contributed by atoms with van der Waals surface area (Å²) in [6, 6.07) is 57.6. The molecule has 0 amide bonds. The minimum absolute atomic E-state index is 0. The van der Waals surface area contributed by atoms with Crippen LogP contribution in [0.5, 0.6) is 11.5 Å². The molecular weight excluding hydrogens is 1270 g/mol. The fourth-order valence-corrected chi connectivity index (χ4v) is 13.8. The predicted molar refractivity (Wildman–Crippen MR) is 372 cm³/mol. The van der Waals surface area contributed by atoms with Crippen LogP contribution >= 0.6 is 11.3 Å². The number of para-hydroxylation sites is 3. The van der Waals surface area contributed by atoms with Gasteiger partial charge in [-0.2, -0.15) is 6.07 Å². The largest absolute Gasteiger partial charge is 0.509 e. The average Bonchev–Trinajstić information content (AvgIpc) is 1.62. The zero-order valence-corrected chi connectivity index (χ0v) is 56.3. The van der Waals surface area contributed by atoms with Crippen LogP contribution in [0.4, 0.5) is 22.7 Å². The Morgan fingerprint density at radius 1 is 0.545 bits per heavy atom. The number of nitrogens with zero attached hydrogens (tertiary/aromatic N) is 4. The molecule has 1 aliphatic heterocycles. The van der Waals surface area contributed by atoms with Crippen LogP contribution in [0, 0.1) is 18.8 Å². The zero-order valence-electron chi connectivity index (χ0n) is 58.2. The topological polar surface area (TPSA) is 33.5 Å². The van der Waals surface area contributed by atoms with Crippen molar-refractivity contribution < 1.29 is 32.7 Å². The SMILES string of the molecule is [2H]c1c([2H])c([2H])c(-c2cccc(-c3cc(C(C)(C)C)cc(C(C)(C)C)c3)c2N2[CH-]N(c3[c-]c(Oc4[c-]c5c(cc4)c4c6sc7ccccc7c6ccc4n5-c4cc(C(C)(C)C)ccn4)cc(-c4c(C(C)C)cc(C(C)C)cc4C(C)C)c3)c3ccccc32)c([2H])c1[2H].[Pt]. The minimum Gasteiger partial charge on any atom is -0.509 e. The van der Waals surface area contributed by atoms with Crippen molar-refractivity contribution in [1.82, 2.24) is 9.55 Å². The molecule has 0 saturated heterocycles. The zero-order chi connectivity index (χ0) is 65.4. The molecule has 13 rings (SSSR count). The Bertz CT molecular complexity index is 4870. The van der Waals surface area contributed by atoms with E-state index in [1.54, 1.807) is 0 Å². The van der Waals surface area contributed by atoms with Crippen LogP contribution in [-0.2, 0) is 37.3 Å². The summed E-state index contributed by atoms with van der Waals surface area (Å²) >= 11 is 1.81. The molecule has 88 heavy (non-hydrogen) atoms. The molecule has 0 fully saturated rings. The van der Waals surface area contributed by atoms with Gasteiger partial charge in [-0.15, -0.1) is 65.0 Å². The van der Waals surface area contributed by atoms with E-state index in [4.69, 9.17) is 13.8 Å². The van der Waals surface area contributed by atoms with Crippen molar-refractivity contribution in [2.45, 2.75) is 138 Å². The Hall–Kier alpha value is -7.76. The molecule has 0 saturated carbocycles. The first-order chi connectivity index (χ1) is 43.6. The monoisotopic (exact) mass is 1360 g/mol. The molecule has 9 aromatic carbocycles. The van der Waals surface area contributed by atoms with Gasteiger partial charge in [0.15, 0.2) is 0 Å². The van der Waals surface area contributed by atoms with Crippen molar-refractivity contribution in [1.29, 1.82) is 0 Å². The van der Waals surface area contributed by atoms with E-state index in [1.807, 2.05) is 47.9 Å². The fraction of sp³-hybridized carbons (Fsp3) is 0.259. The van der Waals surface area contributed by atoms with Gasteiger partial charge in [0.2, 0.25) is 0 Å². The summed E-state index contributed by atoms with van der Waals surface area (Å²) in [4.78, 5) is 9.37. The smallest absolute Gasteiger partial charge is 0.135 e. The molecule has 0 bridgehead atoms. The molecule has 1 aliphatic rings. The third-order valence-electron chi connectivity index (χ3n) is 17.4. The van der Waals surface area contributed by atoms with Gasteiger partial charge in [-0.25, -0.2) is 4.98 Å². The number of thiophene rings is 1. The van der Waals surface area contributed by atoms with Gasteiger partial charge < -0.3 is 19.1 Å². The van der Waals surface area contributed by atoms with Crippen molar-refractivity contribution in [3.8, 4) is 50.7 Å². The number of fused-ring (bicyclic) bond motifs is 8. The van der Waals surface area contributed by atoms with Crippen LogP contribution in [0.3, 0.4) is 0 Å². The normalized spacial score (nSPS) is 13.9. The molecule has 4 heterocycles. The van der Waals surface area contributed by atoms with Gasteiger partial charge in [0, 0.05) is 92.6 Å².